The molecular weight excluding hydrogens is 264 g/mol. The second-order valence-corrected chi connectivity index (χ2v) is 5.65. The van der Waals surface area contributed by atoms with Crippen LogP contribution in [0.15, 0.2) is 24.3 Å². The summed E-state index contributed by atoms with van der Waals surface area (Å²) in [5, 5.41) is 3.48. The Labute approximate surface area is 128 Å². The van der Waals surface area contributed by atoms with E-state index in [4.69, 9.17) is 9.47 Å². The molecule has 21 heavy (non-hydrogen) atoms. The molecule has 1 aromatic carbocycles. The smallest absolute Gasteiger partial charge is 0.161 e. The van der Waals surface area contributed by atoms with Crippen LogP contribution >= 0.6 is 0 Å². The second-order valence-electron chi connectivity index (χ2n) is 5.65. The van der Waals surface area contributed by atoms with Crippen molar-refractivity contribution in [3.05, 3.63) is 24.3 Å². The maximum Gasteiger partial charge on any atom is 0.161 e. The van der Waals surface area contributed by atoms with E-state index in [-0.39, 0.29) is 0 Å². The van der Waals surface area contributed by atoms with Crippen molar-refractivity contribution in [3.63, 3.8) is 0 Å². The van der Waals surface area contributed by atoms with Gasteiger partial charge >= 0.3 is 0 Å². The van der Waals surface area contributed by atoms with Gasteiger partial charge in [-0.25, -0.2) is 0 Å². The van der Waals surface area contributed by atoms with Crippen LogP contribution in [0.3, 0.4) is 0 Å². The Bertz CT molecular complexity index is 406. The molecule has 1 aliphatic heterocycles. The van der Waals surface area contributed by atoms with Crippen LogP contribution in [0, 0.1) is 0 Å². The molecule has 1 atom stereocenters. The summed E-state index contributed by atoms with van der Waals surface area (Å²) >= 11 is 0. The number of benzene rings is 1. The van der Waals surface area contributed by atoms with E-state index < -0.39 is 0 Å². The molecule has 1 fully saturated rings. The van der Waals surface area contributed by atoms with Crippen molar-refractivity contribution in [2.24, 2.45) is 0 Å². The first-order valence-corrected chi connectivity index (χ1v) is 8.02. The SMILES string of the molecule is COc1ccccc1OCCNCC(C)N1CCCCC1. The van der Waals surface area contributed by atoms with Crippen LogP contribution in [0.2, 0.25) is 0 Å². The fraction of sp³-hybridized carbons (Fsp3) is 0.647. The van der Waals surface area contributed by atoms with Crippen molar-refractivity contribution in [3.8, 4) is 11.5 Å². The number of nitrogens with zero attached hydrogens (tertiary/aromatic N) is 1. The number of piperidine rings is 1. The van der Waals surface area contributed by atoms with Crippen molar-refractivity contribution < 1.29 is 9.47 Å². The number of nitrogens with one attached hydrogen (secondary N) is 1. The van der Waals surface area contributed by atoms with E-state index >= 15 is 0 Å². The number of hydrogen-bond donors (Lipinski definition) is 1. The minimum atomic E-state index is 0.608. The van der Waals surface area contributed by atoms with Gasteiger partial charge in [0.05, 0.1) is 7.11 Å². The molecule has 1 aliphatic rings. The summed E-state index contributed by atoms with van der Waals surface area (Å²) < 4.78 is 11.0. The minimum Gasteiger partial charge on any atom is -0.493 e. The van der Waals surface area contributed by atoms with E-state index in [1.165, 1.54) is 32.4 Å². The van der Waals surface area contributed by atoms with Crippen molar-refractivity contribution in [2.75, 3.05) is 39.9 Å². The van der Waals surface area contributed by atoms with Gasteiger partial charge in [-0.3, -0.25) is 4.90 Å². The van der Waals surface area contributed by atoms with Gasteiger partial charge in [0.15, 0.2) is 11.5 Å². The fourth-order valence-electron chi connectivity index (χ4n) is 2.77. The zero-order valence-corrected chi connectivity index (χ0v) is 13.3. The predicted molar refractivity (Wildman–Crippen MR) is 86.2 cm³/mol. The van der Waals surface area contributed by atoms with Gasteiger partial charge in [0.1, 0.15) is 6.61 Å². The third-order valence-electron chi connectivity index (χ3n) is 4.06. The molecule has 1 heterocycles. The summed E-state index contributed by atoms with van der Waals surface area (Å²) in [5.41, 5.74) is 0. The topological polar surface area (TPSA) is 33.7 Å². The number of rotatable bonds is 8. The van der Waals surface area contributed by atoms with E-state index in [0.717, 1.165) is 24.6 Å². The molecule has 0 amide bonds. The van der Waals surface area contributed by atoms with Crippen LogP contribution in [0.25, 0.3) is 0 Å². The molecule has 4 nitrogen and oxygen atoms in total. The van der Waals surface area contributed by atoms with E-state index in [1.54, 1.807) is 7.11 Å². The highest BCUT2D eigenvalue weighted by Crippen LogP contribution is 2.25. The minimum absolute atomic E-state index is 0.608. The highest BCUT2D eigenvalue weighted by Gasteiger charge is 2.15. The third-order valence-corrected chi connectivity index (χ3v) is 4.06. The normalized spacial score (nSPS) is 17.4. The fourth-order valence-corrected chi connectivity index (χ4v) is 2.77. The molecule has 1 N–H and O–H groups in total. The number of para-hydroxylation sites is 2. The van der Waals surface area contributed by atoms with Gasteiger partial charge in [-0.2, -0.15) is 0 Å². The molecule has 0 saturated carbocycles. The Hall–Kier alpha value is -1.26. The molecule has 2 rings (SSSR count). The van der Waals surface area contributed by atoms with E-state index in [9.17, 15) is 0 Å². The summed E-state index contributed by atoms with van der Waals surface area (Å²) in [6.07, 6.45) is 4.09. The molecular formula is C17H28N2O2. The summed E-state index contributed by atoms with van der Waals surface area (Å²) in [6, 6.07) is 8.38. The number of hydrogen-bond acceptors (Lipinski definition) is 4. The summed E-state index contributed by atoms with van der Waals surface area (Å²) in [6.45, 7) is 7.35. The lowest BCUT2D eigenvalue weighted by Crippen LogP contribution is -2.43. The van der Waals surface area contributed by atoms with Crippen molar-refractivity contribution in [2.45, 2.75) is 32.2 Å². The van der Waals surface area contributed by atoms with Crippen LogP contribution in [-0.2, 0) is 0 Å². The number of ether oxygens (including phenoxy) is 2. The van der Waals surface area contributed by atoms with Gasteiger partial charge in [-0.1, -0.05) is 18.6 Å². The van der Waals surface area contributed by atoms with Crippen LogP contribution in [0.5, 0.6) is 11.5 Å². The van der Waals surface area contributed by atoms with Crippen molar-refractivity contribution in [1.29, 1.82) is 0 Å². The predicted octanol–water partition coefficient (Wildman–Crippen LogP) is 2.54. The third kappa shape index (κ3) is 5.21. The van der Waals surface area contributed by atoms with Crippen LogP contribution in [0.4, 0.5) is 0 Å². The van der Waals surface area contributed by atoms with Gasteiger partial charge < -0.3 is 14.8 Å². The highest BCUT2D eigenvalue weighted by atomic mass is 16.5. The first-order valence-electron chi connectivity index (χ1n) is 8.02. The molecule has 118 valence electrons. The van der Waals surface area contributed by atoms with Gasteiger partial charge in [0.2, 0.25) is 0 Å². The average molecular weight is 292 g/mol. The summed E-state index contributed by atoms with van der Waals surface area (Å²) in [7, 11) is 1.67. The summed E-state index contributed by atoms with van der Waals surface area (Å²) in [4.78, 5) is 2.58. The first-order chi connectivity index (χ1) is 10.3. The Morgan fingerprint density at radius 3 is 2.57 bits per heavy atom. The first kappa shape index (κ1) is 16.1. The standard InChI is InChI=1S/C17H28N2O2/c1-15(19-11-6-3-7-12-19)14-18-10-13-21-17-9-5-4-8-16(17)20-2/h4-5,8-9,15,18H,3,6-7,10-14H2,1-2H3. The van der Waals surface area contributed by atoms with Gasteiger partial charge in [0.25, 0.3) is 0 Å². The number of likely N-dealkylation sites (tertiary alicyclic amines) is 1. The van der Waals surface area contributed by atoms with Gasteiger partial charge in [0, 0.05) is 19.1 Å². The monoisotopic (exact) mass is 292 g/mol. The quantitative estimate of drug-likeness (QED) is 0.747. The molecule has 0 spiro atoms. The molecule has 4 heteroatoms. The average Bonchev–Trinajstić information content (AvgIpc) is 2.55. The van der Waals surface area contributed by atoms with Crippen molar-refractivity contribution in [1.82, 2.24) is 10.2 Å². The molecule has 1 aromatic rings. The van der Waals surface area contributed by atoms with Gasteiger partial charge in [-0.05, 0) is 45.0 Å². The van der Waals surface area contributed by atoms with Crippen LogP contribution in [-0.4, -0.2) is 50.8 Å². The Morgan fingerprint density at radius 2 is 1.86 bits per heavy atom. The maximum absolute atomic E-state index is 5.75. The zero-order valence-electron chi connectivity index (χ0n) is 13.3. The lowest BCUT2D eigenvalue weighted by atomic mass is 10.1. The van der Waals surface area contributed by atoms with Gasteiger partial charge in [-0.15, -0.1) is 0 Å². The molecule has 1 saturated heterocycles. The largest absolute Gasteiger partial charge is 0.493 e. The molecule has 0 aromatic heterocycles. The van der Waals surface area contributed by atoms with Crippen molar-refractivity contribution >= 4 is 0 Å². The molecule has 0 radical (unpaired) electrons. The van der Waals surface area contributed by atoms with E-state index in [1.807, 2.05) is 24.3 Å². The lowest BCUT2D eigenvalue weighted by Gasteiger charge is -2.32. The van der Waals surface area contributed by atoms with E-state index in [2.05, 4.69) is 17.1 Å². The number of methoxy groups -OCH3 is 1. The molecule has 0 bridgehead atoms. The zero-order chi connectivity index (χ0) is 14.9. The highest BCUT2D eigenvalue weighted by molar-refractivity contribution is 5.39. The van der Waals surface area contributed by atoms with Crippen LogP contribution < -0.4 is 14.8 Å². The van der Waals surface area contributed by atoms with Crippen LogP contribution in [0.1, 0.15) is 26.2 Å². The molecule has 0 aliphatic carbocycles. The maximum atomic E-state index is 5.75. The molecule has 1 unspecified atom stereocenters. The Morgan fingerprint density at radius 1 is 1.14 bits per heavy atom. The Balaban J connectivity index is 1.61. The lowest BCUT2D eigenvalue weighted by molar-refractivity contribution is 0.169. The van der Waals surface area contributed by atoms with E-state index in [0.29, 0.717) is 12.6 Å². The second kappa shape index (κ2) is 8.90. The summed E-state index contributed by atoms with van der Waals surface area (Å²) in [5.74, 6) is 1.60. The Kier molecular flexibility index (Phi) is 6.83.